The molecule has 0 bridgehead atoms. The molecule has 7 heteroatoms. The average Bonchev–Trinajstić information content (AvgIpc) is 2.19. The molecule has 6 N–H and O–H groups in total. The average molecular weight is 208 g/mol. The number of nitrogens with zero attached hydrogens (tertiary/aromatic N) is 2. The highest BCUT2D eigenvalue weighted by Gasteiger charge is 2.26. The summed E-state index contributed by atoms with van der Waals surface area (Å²) in [6, 6.07) is 0. The number of nitrogen functional groups attached to an aromatic ring is 2. The summed E-state index contributed by atoms with van der Waals surface area (Å²) in [5, 5.41) is 2.66. The molecule has 1 amide bonds. The van der Waals surface area contributed by atoms with E-state index in [0.717, 1.165) is 5.56 Å². The maximum absolute atomic E-state index is 11.4. The van der Waals surface area contributed by atoms with Crippen molar-refractivity contribution in [3.05, 3.63) is 5.56 Å². The summed E-state index contributed by atoms with van der Waals surface area (Å²) >= 11 is 0. The predicted octanol–water partition coefficient (Wildman–Crippen LogP) is -0.525. The van der Waals surface area contributed by atoms with Crippen LogP contribution in [0.25, 0.3) is 0 Å². The number of rotatable bonds is 1. The fourth-order valence-electron chi connectivity index (χ4n) is 1.56. The second-order valence-electron chi connectivity index (χ2n) is 3.50. The van der Waals surface area contributed by atoms with E-state index in [1.165, 1.54) is 0 Å². The summed E-state index contributed by atoms with van der Waals surface area (Å²) in [6.07, 6.45) is 0.557. The van der Waals surface area contributed by atoms with E-state index in [2.05, 4.69) is 20.7 Å². The monoisotopic (exact) mass is 208 g/mol. The first-order valence-corrected chi connectivity index (χ1v) is 4.55. The first-order valence-electron chi connectivity index (χ1n) is 4.55. The number of aromatic nitrogens is 2. The lowest BCUT2D eigenvalue weighted by molar-refractivity contribution is -0.119. The Kier molecular flexibility index (Phi) is 2.16. The lowest BCUT2D eigenvalue weighted by Crippen LogP contribution is -2.30. The standard InChI is InChI=1S/C8H12N6O/c1-3-2-4-5(11-7(3)15)12-8(9)13-6(4)14-10/h3H,2,10H2,1H3,(H4,9,11,12,13,14,15). The Labute approximate surface area is 86.2 Å². The first kappa shape index (κ1) is 9.66. The smallest absolute Gasteiger partial charge is 0.228 e. The maximum Gasteiger partial charge on any atom is 0.228 e. The number of nitrogens with one attached hydrogen (secondary N) is 2. The molecule has 0 saturated carbocycles. The van der Waals surface area contributed by atoms with E-state index in [0.29, 0.717) is 18.1 Å². The lowest BCUT2D eigenvalue weighted by Gasteiger charge is -2.22. The van der Waals surface area contributed by atoms with Crippen molar-refractivity contribution in [3.63, 3.8) is 0 Å². The van der Waals surface area contributed by atoms with Gasteiger partial charge >= 0.3 is 0 Å². The second kappa shape index (κ2) is 3.35. The van der Waals surface area contributed by atoms with Crippen molar-refractivity contribution >= 4 is 23.5 Å². The number of nitrogens with two attached hydrogens (primary N) is 2. The summed E-state index contributed by atoms with van der Waals surface area (Å²) in [5.41, 5.74) is 8.71. The Bertz CT molecular complexity index is 418. The van der Waals surface area contributed by atoms with Gasteiger partial charge in [0.15, 0.2) is 5.82 Å². The van der Waals surface area contributed by atoms with Gasteiger partial charge in [-0.25, -0.2) is 5.84 Å². The van der Waals surface area contributed by atoms with Gasteiger partial charge in [0.1, 0.15) is 5.82 Å². The fraction of sp³-hybridized carbons (Fsp3) is 0.375. The normalized spacial score (nSPS) is 19.3. The van der Waals surface area contributed by atoms with Crippen LogP contribution in [0.15, 0.2) is 0 Å². The molecule has 0 radical (unpaired) electrons. The second-order valence-corrected chi connectivity index (χ2v) is 3.50. The zero-order valence-electron chi connectivity index (χ0n) is 8.24. The molecule has 80 valence electrons. The van der Waals surface area contributed by atoms with Crippen molar-refractivity contribution < 1.29 is 4.79 Å². The van der Waals surface area contributed by atoms with E-state index in [-0.39, 0.29) is 17.8 Å². The molecule has 2 heterocycles. The van der Waals surface area contributed by atoms with Crippen molar-refractivity contribution in [1.29, 1.82) is 0 Å². The molecule has 0 aromatic carbocycles. The number of carbonyl (C=O) groups excluding carboxylic acids is 1. The number of hydrogen-bond acceptors (Lipinski definition) is 6. The highest BCUT2D eigenvalue weighted by atomic mass is 16.2. The third-order valence-corrected chi connectivity index (χ3v) is 2.36. The molecule has 1 aliphatic heterocycles. The van der Waals surface area contributed by atoms with Crippen LogP contribution >= 0.6 is 0 Å². The Morgan fingerprint density at radius 1 is 1.53 bits per heavy atom. The van der Waals surface area contributed by atoms with Crippen LogP contribution in [0.5, 0.6) is 0 Å². The highest BCUT2D eigenvalue weighted by Crippen LogP contribution is 2.28. The van der Waals surface area contributed by atoms with E-state index >= 15 is 0 Å². The fourth-order valence-corrected chi connectivity index (χ4v) is 1.56. The molecule has 1 aromatic rings. The summed E-state index contributed by atoms with van der Waals surface area (Å²) in [6.45, 7) is 1.83. The van der Waals surface area contributed by atoms with Gasteiger partial charge in [-0.15, -0.1) is 0 Å². The summed E-state index contributed by atoms with van der Waals surface area (Å²) in [7, 11) is 0. The highest BCUT2D eigenvalue weighted by molar-refractivity contribution is 5.95. The molecule has 0 spiro atoms. The van der Waals surface area contributed by atoms with Gasteiger partial charge in [-0.2, -0.15) is 9.97 Å². The van der Waals surface area contributed by atoms with E-state index in [1.807, 2.05) is 6.92 Å². The van der Waals surface area contributed by atoms with E-state index in [4.69, 9.17) is 11.6 Å². The predicted molar refractivity (Wildman–Crippen MR) is 55.8 cm³/mol. The van der Waals surface area contributed by atoms with Crippen molar-refractivity contribution in [1.82, 2.24) is 9.97 Å². The first-order chi connectivity index (χ1) is 7.11. The Morgan fingerprint density at radius 2 is 2.27 bits per heavy atom. The Morgan fingerprint density at radius 3 is 2.93 bits per heavy atom. The van der Waals surface area contributed by atoms with E-state index < -0.39 is 0 Å². The van der Waals surface area contributed by atoms with Crippen LogP contribution in [-0.2, 0) is 11.2 Å². The van der Waals surface area contributed by atoms with Crippen molar-refractivity contribution in [2.45, 2.75) is 13.3 Å². The van der Waals surface area contributed by atoms with Crippen LogP contribution in [0.1, 0.15) is 12.5 Å². The van der Waals surface area contributed by atoms with Gasteiger partial charge in [-0.3, -0.25) is 4.79 Å². The van der Waals surface area contributed by atoms with Crippen LogP contribution in [0.4, 0.5) is 17.6 Å². The van der Waals surface area contributed by atoms with Crippen LogP contribution in [0.3, 0.4) is 0 Å². The van der Waals surface area contributed by atoms with Gasteiger partial charge in [-0.05, 0) is 6.42 Å². The molecular weight excluding hydrogens is 196 g/mol. The molecule has 7 nitrogen and oxygen atoms in total. The molecular formula is C8H12N6O. The zero-order chi connectivity index (χ0) is 11.0. The number of anilines is 3. The van der Waals surface area contributed by atoms with Gasteiger partial charge in [0.05, 0.1) is 0 Å². The molecule has 1 unspecified atom stereocenters. The maximum atomic E-state index is 11.4. The number of hydrazine groups is 1. The summed E-state index contributed by atoms with van der Waals surface area (Å²) in [4.78, 5) is 19.3. The van der Waals surface area contributed by atoms with Gasteiger partial charge in [-0.1, -0.05) is 6.92 Å². The number of carbonyl (C=O) groups is 1. The SMILES string of the molecule is CC1Cc2c(NN)nc(N)nc2NC1=O. The lowest BCUT2D eigenvalue weighted by atomic mass is 9.97. The van der Waals surface area contributed by atoms with Crippen LogP contribution in [0, 0.1) is 5.92 Å². The van der Waals surface area contributed by atoms with Crippen LogP contribution in [0.2, 0.25) is 0 Å². The van der Waals surface area contributed by atoms with Gasteiger partial charge < -0.3 is 16.5 Å². The summed E-state index contributed by atoms with van der Waals surface area (Å²) < 4.78 is 0. The number of amides is 1. The quantitative estimate of drug-likeness (QED) is 0.364. The Hall–Kier alpha value is -1.89. The molecule has 15 heavy (non-hydrogen) atoms. The minimum atomic E-state index is -0.114. The van der Waals surface area contributed by atoms with E-state index in [9.17, 15) is 4.79 Å². The van der Waals surface area contributed by atoms with Gasteiger partial charge in [0.2, 0.25) is 11.9 Å². The topological polar surface area (TPSA) is 119 Å². The molecule has 1 aliphatic rings. The molecule has 2 rings (SSSR count). The zero-order valence-corrected chi connectivity index (χ0v) is 8.24. The number of fused-ring (bicyclic) bond motifs is 1. The van der Waals surface area contributed by atoms with E-state index in [1.54, 1.807) is 0 Å². The molecule has 0 fully saturated rings. The molecule has 1 aromatic heterocycles. The van der Waals surface area contributed by atoms with Crippen molar-refractivity contribution in [2.75, 3.05) is 16.5 Å². The largest absolute Gasteiger partial charge is 0.368 e. The van der Waals surface area contributed by atoms with Crippen molar-refractivity contribution in [3.8, 4) is 0 Å². The minimum Gasteiger partial charge on any atom is -0.368 e. The minimum absolute atomic E-state index is 0.0661. The third-order valence-electron chi connectivity index (χ3n) is 2.36. The third kappa shape index (κ3) is 1.57. The van der Waals surface area contributed by atoms with Gasteiger partial charge in [0.25, 0.3) is 0 Å². The molecule has 0 aliphatic carbocycles. The summed E-state index contributed by atoms with van der Waals surface area (Å²) in [5.74, 6) is 6.12. The Balaban J connectivity index is 2.51. The molecule has 1 atom stereocenters. The number of hydrogen-bond donors (Lipinski definition) is 4. The van der Waals surface area contributed by atoms with Crippen LogP contribution < -0.4 is 22.3 Å². The van der Waals surface area contributed by atoms with Gasteiger partial charge in [0, 0.05) is 11.5 Å². The van der Waals surface area contributed by atoms with Crippen molar-refractivity contribution in [2.24, 2.45) is 11.8 Å². The van der Waals surface area contributed by atoms with Crippen LogP contribution in [-0.4, -0.2) is 15.9 Å². The molecule has 0 saturated heterocycles.